The number of fused-ring (bicyclic) bond motifs is 1. The van der Waals surface area contributed by atoms with Crippen molar-refractivity contribution < 1.29 is 4.79 Å². The lowest BCUT2D eigenvalue weighted by atomic mass is 10.1. The zero-order chi connectivity index (χ0) is 23.6. The Labute approximate surface area is 202 Å². The average molecular weight is 464 g/mol. The first-order valence-electron chi connectivity index (χ1n) is 12.0. The number of ketones is 1. The summed E-state index contributed by atoms with van der Waals surface area (Å²) in [5, 5.41) is 1.59. The molecule has 174 valence electrons. The first-order valence-corrected chi connectivity index (χ1v) is 12.4. The molecule has 0 aliphatic rings. The molecule has 2 aromatic heterocycles. The second-order valence-corrected chi connectivity index (χ2v) is 8.80. The van der Waals surface area contributed by atoms with Crippen molar-refractivity contribution in [1.29, 1.82) is 0 Å². The number of rotatable bonds is 12. The highest BCUT2D eigenvalue weighted by Crippen LogP contribution is 2.28. The van der Waals surface area contributed by atoms with E-state index >= 15 is 0 Å². The first-order chi connectivity index (χ1) is 16.0. The number of allylic oxidation sites excluding steroid dienone is 1. The summed E-state index contributed by atoms with van der Waals surface area (Å²) in [6.45, 7) is 6.23. The standard InChI is InChI=1S/C28H34ClN3O/c1-4-7-8-9-10-14-27(33)26-19-21-16-20(18-23(29)28(21)32-26)17-22-12-11-13-25(31-22)24(6-3)30-15-5-2/h6,11-13,15-16,18-19,32H,4-5,7-10,14,17H2,1-3H3/b24-6-,30-15?. The summed E-state index contributed by atoms with van der Waals surface area (Å²) in [4.78, 5) is 25.2. The zero-order valence-electron chi connectivity index (χ0n) is 20.0. The molecule has 0 spiro atoms. The van der Waals surface area contributed by atoms with E-state index in [-0.39, 0.29) is 5.78 Å². The van der Waals surface area contributed by atoms with Crippen LogP contribution in [-0.4, -0.2) is 22.0 Å². The van der Waals surface area contributed by atoms with Crippen LogP contribution < -0.4 is 0 Å². The smallest absolute Gasteiger partial charge is 0.179 e. The van der Waals surface area contributed by atoms with Gasteiger partial charge in [0.25, 0.3) is 0 Å². The number of carbonyl (C=O) groups is 1. The van der Waals surface area contributed by atoms with Gasteiger partial charge in [-0.3, -0.25) is 14.8 Å². The summed E-state index contributed by atoms with van der Waals surface area (Å²) in [5.41, 5.74) is 5.21. The molecule has 0 saturated carbocycles. The lowest BCUT2D eigenvalue weighted by molar-refractivity contribution is 0.0975. The molecule has 5 heteroatoms. The number of aromatic amines is 1. The topological polar surface area (TPSA) is 58.1 Å². The second kappa shape index (κ2) is 12.5. The lowest BCUT2D eigenvalue weighted by Gasteiger charge is -2.06. The van der Waals surface area contributed by atoms with E-state index in [4.69, 9.17) is 16.6 Å². The number of aliphatic imine (C=N–C) groups is 1. The van der Waals surface area contributed by atoms with Crippen molar-refractivity contribution in [3.8, 4) is 0 Å². The Morgan fingerprint density at radius 3 is 2.70 bits per heavy atom. The molecule has 0 unspecified atom stereocenters. The van der Waals surface area contributed by atoms with Crippen LogP contribution in [0.2, 0.25) is 5.02 Å². The predicted molar refractivity (Wildman–Crippen MR) is 140 cm³/mol. The fourth-order valence-electron chi connectivity index (χ4n) is 3.94. The average Bonchev–Trinajstić information content (AvgIpc) is 3.25. The molecule has 0 bridgehead atoms. The maximum absolute atomic E-state index is 12.6. The number of hydrogen-bond acceptors (Lipinski definition) is 3. The molecule has 0 saturated heterocycles. The summed E-state index contributed by atoms with van der Waals surface area (Å²) in [7, 11) is 0. The Hall–Kier alpha value is -2.72. The second-order valence-electron chi connectivity index (χ2n) is 8.40. The molecule has 3 rings (SSSR count). The fourth-order valence-corrected chi connectivity index (χ4v) is 4.24. The third-order valence-electron chi connectivity index (χ3n) is 5.69. The number of carbonyl (C=O) groups excluding carboxylic acids is 1. The van der Waals surface area contributed by atoms with Gasteiger partial charge in [0.05, 0.1) is 27.6 Å². The van der Waals surface area contributed by atoms with Crippen molar-refractivity contribution in [2.45, 2.75) is 72.1 Å². The van der Waals surface area contributed by atoms with Gasteiger partial charge >= 0.3 is 0 Å². The van der Waals surface area contributed by atoms with Crippen LogP contribution in [0.5, 0.6) is 0 Å². The van der Waals surface area contributed by atoms with Gasteiger partial charge in [-0.05, 0) is 55.7 Å². The molecular weight excluding hydrogens is 430 g/mol. The third-order valence-corrected chi connectivity index (χ3v) is 5.99. The summed E-state index contributed by atoms with van der Waals surface area (Å²) in [6, 6.07) is 12.0. The number of nitrogens with one attached hydrogen (secondary N) is 1. The maximum Gasteiger partial charge on any atom is 0.179 e. The summed E-state index contributed by atoms with van der Waals surface area (Å²) < 4.78 is 0. The first kappa shape index (κ1) is 24.9. The monoisotopic (exact) mass is 463 g/mol. The Balaban J connectivity index is 1.75. The van der Waals surface area contributed by atoms with E-state index in [9.17, 15) is 4.79 Å². The SMILES string of the molecule is C/C=C(\N=CCC)c1cccc(Cc2cc(Cl)c3[nH]c(C(=O)CCCCCCC)cc3c2)n1. The summed E-state index contributed by atoms with van der Waals surface area (Å²) >= 11 is 6.58. The minimum atomic E-state index is 0.154. The third kappa shape index (κ3) is 6.88. The van der Waals surface area contributed by atoms with Gasteiger partial charge in [-0.15, -0.1) is 0 Å². The van der Waals surface area contributed by atoms with Crippen molar-refractivity contribution in [1.82, 2.24) is 9.97 Å². The Kier molecular flexibility index (Phi) is 9.44. The number of unbranched alkanes of at least 4 members (excludes halogenated alkanes) is 4. The molecule has 33 heavy (non-hydrogen) atoms. The minimum absolute atomic E-state index is 0.154. The van der Waals surface area contributed by atoms with E-state index in [1.165, 1.54) is 19.3 Å². The van der Waals surface area contributed by atoms with Crippen LogP contribution in [0, 0.1) is 0 Å². The zero-order valence-corrected chi connectivity index (χ0v) is 20.7. The van der Waals surface area contributed by atoms with Crippen LogP contribution in [0.1, 0.15) is 93.2 Å². The molecule has 0 amide bonds. The fraction of sp³-hybridized carbons (Fsp3) is 0.393. The van der Waals surface area contributed by atoms with Gasteiger partial charge in [0.2, 0.25) is 0 Å². The van der Waals surface area contributed by atoms with Gasteiger partial charge in [-0.25, -0.2) is 0 Å². The largest absolute Gasteiger partial charge is 0.351 e. The van der Waals surface area contributed by atoms with Gasteiger partial charge in [0.1, 0.15) is 0 Å². The van der Waals surface area contributed by atoms with E-state index in [0.717, 1.165) is 52.8 Å². The molecule has 4 nitrogen and oxygen atoms in total. The van der Waals surface area contributed by atoms with E-state index in [1.807, 2.05) is 49.5 Å². The van der Waals surface area contributed by atoms with Gasteiger partial charge in [0.15, 0.2) is 5.78 Å². The summed E-state index contributed by atoms with van der Waals surface area (Å²) in [6.07, 6.45) is 11.7. The van der Waals surface area contributed by atoms with Crippen molar-refractivity contribution in [3.63, 3.8) is 0 Å². The van der Waals surface area contributed by atoms with Crippen LogP contribution >= 0.6 is 11.6 Å². The normalized spacial score (nSPS) is 12.2. The van der Waals surface area contributed by atoms with Crippen molar-refractivity contribution in [3.05, 3.63) is 70.1 Å². The van der Waals surface area contributed by atoms with E-state index in [1.54, 1.807) is 0 Å². The lowest BCUT2D eigenvalue weighted by Crippen LogP contribution is -1.99. The van der Waals surface area contributed by atoms with Gasteiger partial charge < -0.3 is 4.98 Å². The number of hydrogen-bond donors (Lipinski definition) is 1. The molecule has 0 aliphatic heterocycles. The number of halogens is 1. The molecule has 0 aliphatic carbocycles. The number of nitrogens with zero attached hydrogens (tertiary/aromatic N) is 2. The molecule has 1 aromatic carbocycles. The Morgan fingerprint density at radius 1 is 1.12 bits per heavy atom. The highest BCUT2D eigenvalue weighted by Gasteiger charge is 2.13. The summed E-state index contributed by atoms with van der Waals surface area (Å²) in [5.74, 6) is 0.154. The van der Waals surface area contributed by atoms with Crippen molar-refractivity contribution >= 4 is 40.2 Å². The van der Waals surface area contributed by atoms with Gasteiger partial charge in [-0.1, -0.05) is 63.3 Å². The van der Waals surface area contributed by atoms with Crippen LogP contribution in [0.4, 0.5) is 0 Å². The number of benzene rings is 1. The van der Waals surface area contributed by atoms with E-state index in [2.05, 4.69) is 29.9 Å². The van der Waals surface area contributed by atoms with Crippen molar-refractivity contribution in [2.24, 2.45) is 4.99 Å². The molecule has 0 atom stereocenters. The number of aromatic nitrogens is 2. The van der Waals surface area contributed by atoms with Crippen LogP contribution in [0.25, 0.3) is 16.6 Å². The van der Waals surface area contributed by atoms with Crippen LogP contribution in [0.3, 0.4) is 0 Å². The molecule has 0 radical (unpaired) electrons. The highest BCUT2D eigenvalue weighted by molar-refractivity contribution is 6.35. The number of pyridine rings is 1. The molecule has 2 heterocycles. The molecule has 1 N–H and O–H groups in total. The molecular formula is C28H34ClN3O. The maximum atomic E-state index is 12.6. The van der Waals surface area contributed by atoms with Gasteiger partial charge in [-0.2, -0.15) is 0 Å². The van der Waals surface area contributed by atoms with Crippen LogP contribution in [0.15, 0.2) is 47.5 Å². The highest BCUT2D eigenvalue weighted by atomic mass is 35.5. The van der Waals surface area contributed by atoms with Gasteiger partial charge in [0, 0.05) is 30.1 Å². The Bertz CT molecular complexity index is 1140. The van der Waals surface area contributed by atoms with E-state index < -0.39 is 0 Å². The number of H-pyrrole nitrogens is 1. The predicted octanol–water partition coefficient (Wildman–Crippen LogP) is 8.19. The number of Topliss-reactive ketones (excluding diaryl/α,β-unsaturated/α-hetero) is 1. The minimum Gasteiger partial charge on any atom is -0.351 e. The Morgan fingerprint density at radius 2 is 1.94 bits per heavy atom. The van der Waals surface area contributed by atoms with Crippen LogP contribution in [-0.2, 0) is 6.42 Å². The molecule has 3 aromatic rings. The quantitative estimate of drug-likeness (QED) is 0.167. The van der Waals surface area contributed by atoms with Crippen molar-refractivity contribution in [2.75, 3.05) is 0 Å². The van der Waals surface area contributed by atoms with E-state index in [0.29, 0.717) is 23.6 Å². The molecule has 0 fully saturated rings.